The third-order valence-electron chi connectivity index (χ3n) is 4.07. The predicted octanol–water partition coefficient (Wildman–Crippen LogP) is 5.60. The highest BCUT2D eigenvalue weighted by Crippen LogP contribution is 2.15. The quantitative estimate of drug-likeness (QED) is 0.290. The molecule has 1 N–H and O–H groups in total. The van der Waals surface area contributed by atoms with Crippen LogP contribution in [0.2, 0.25) is 0 Å². The highest BCUT2D eigenvalue weighted by atomic mass is 16.5. The molecule has 0 saturated carbocycles. The molecule has 0 aliphatic carbocycles. The molecule has 134 valence electrons. The number of unbranched alkanes of at least 4 members (excludes halogenated alkanes) is 9. The highest BCUT2D eigenvalue weighted by molar-refractivity contribution is 5.87. The Balaban J connectivity index is 2.03. The smallest absolute Gasteiger partial charge is 0.335 e. The van der Waals surface area contributed by atoms with Crippen LogP contribution in [0.4, 0.5) is 0 Å². The minimum atomic E-state index is -0.988. The van der Waals surface area contributed by atoms with Gasteiger partial charge in [-0.25, -0.2) is 4.79 Å². The molecule has 0 bridgehead atoms. The summed E-state index contributed by atoms with van der Waals surface area (Å²) >= 11 is 0. The van der Waals surface area contributed by atoms with Crippen LogP contribution < -0.4 is 4.74 Å². The number of aromatic carboxylic acids is 1. The molecule has 0 heterocycles. The minimum Gasteiger partial charge on any atom is -0.478 e. The fourth-order valence-electron chi connectivity index (χ4n) is 2.60. The van der Waals surface area contributed by atoms with Crippen molar-refractivity contribution < 1.29 is 19.4 Å². The average Bonchev–Trinajstić information content (AvgIpc) is 2.57. The van der Waals surface area contributed by atoms with Crippen LogP contribution in [0, 0.1) is 0 Å². The summed E-state index contributed by atoms with van der Waals surface area (Å²) < 4.78 is 5.20. The van der Waals surface area contributed by atoms with Crippen LogP contribution in [-0.2, 0) is 4.79 Å². The summed E-state index contributed by atoms with van der Waals surface area (Å²) in [5.74, 6) is -0.840. The van der Waals surface area contributed by atoms with Crippen LogP contribution in [0.5, 0.6) is 5.75 Å². The molecular formula is C20H30O4. The van der Waals surface area contributed by atoms with Crippen LogP contribution >= 0.6 is 0 Å². The Morgan fingerprint density at radius 2 is 1.33 bits per heavy atom. The summed E-state index contributed by atoms with van der Waals surface area (Å²) in [7, 11) is 0. The van der Waals surface area contributed by atoms with Crippen molar-refractivity contribution in [2.24, 2.45) is 0 Å². The lowest BCUT2D eigenvalue weighted by Crippen LogP contribution is -2.07. The number of hydrogen-bond donors (Lipinski definition) is 1. The Morgan fingerprint density at radius 1 is 0.833 bits per heavy atom. The zero-order chi connectivity index (χ0) is 17.6. The molecule has 0 unspecified atom stereocenters. The molecule has 0 fully saturated rings. The highest BCUT2D eigenvalue weighted by Gasteiger charge is 2.06. The molecule has 0 aromatic heterocycles. The maximum absolute atomic E-state index is 11.7. The largest absolute Gasteiger partial charge is 0.478 e. The van der Waals surface area contributed by atoms with Crippen molar-refractivity contribution in [1.29, 1.82) is 0 Å². The normalized spacial score (nSPS) is 10.5. The Hall–Kier alpha value is -1.84. The SMILES string of the molecule is CCCCCCCCCCCCC(=O)Oc1ccc(C(=O)O)cc1. The molecule has 0 radical (unpaired) electrons. The number of carbonyl (C=O) groups excluding carboxylic acids is 1. The van der Waals surface area contributed by atoms with Crippen molar-refractivity contribution in [2.75, 3.05) is 0 Å². The number of benzene rings is 1. The van der Waals surface area contributed by atoms with Gasteiger partial charge in [0.15, 0.2) is 0 Å². The molecule has 0 aliphatic rings. The number of carboxylic acid groups (broad SMARTS) is 1. The topological polar surface area (TPSA) is 63.6 Å². The standard InChI is InChI=1S/C20H30O4/c1-2-3-4-5-6-7-8-9-10-11-12-19(21)24-18-15-13-17(14-16-18)20(22)23/h13-16H,2-12H2,1H3,(H,22,23). The Morgan fingerprint density at radius 3 is 1.83 bits per heavy atom. The van der Waals surface area contributed by atoms with Gasteiger partial charge in [-0.15, -0.1) is 0 Å². The average molecular weight is 334 g/mol. The molecule has 0 amide bonds. The van der Waals surface area contributed by atoms with Gasteiger partial charge < -0.3 is 9.84 Å². The Bertz CT molecular complexity index is 479. The second-order valence-corrected chi connectivity index (χ2v) is 6.24. The molecule has 0 atom stereocenters. The lowest BCUT2D eigenvalue weighted by Gasteiger charge is -2.05. The maximum atomic E-state index is 11.7. The van der Waals surface area contributed by atoms with Crippen LogP contribution in [0.1, 0.15) is 87.9 Å². The zero-order valence-electron chi connectivity index (χ0n) is 14.8. The number of carboxylic acids is 1. The Kier molecular flexibility index (Phi) is 10.6. The summed E-state index contributed by atoms with van der Waals surface area (Å²) in [6.07, 6.45) is 12.7. The van der Waals surface area contributed by atoms with Crippen molar-refractivity contribution in [2.45, 2.75) is 77.6 Å². The van der Waals surface area contributed by atoms with E-state index in [1.807, 2.05) is 0 Å². The number of carbonyl (C=O) groups is 2. The van der Waals surface area contributed by atoms with E-state index in [4.69, 9.17) is 9.84 Å². The number of rotatable bonds is 13. The molecule has 4 nitrogen and oxygen atoms in total. The molecule has 0 aliphatic heterocycles. The number of esters is 1. The van der Waals surface area contributed by atoms with Crippen LogP contribution in [0.15, 0.2) is 24.3 Å². The second-order valence-electron chi connectivity index (χ2n) is 6.24. The first-order valence-corrected chi connectivity index (χ1v) is 9.17. The zero-order valence-corrected chi connectivity index (χ0v) is 14.8. The van der Waals surface area contributed by atoms with E-state index in [0.29, 0.717) is 12.2 Å². The van der Waals surface area contributed by atoms with E-state index < -0.39 is 5.97 Å². The maximum Gasteiger partial charge on any atom is 0.335 e. The van der Waals surface area contributed by atoms with E-state index >= 15 is 0 Å². The van der Waals surface area contributed by atoms with Crippen LogP contribution in [0.3, 0.4) is 0 Å². The van der Waals surface area contributed by atoms with E-state index in [9.17, 15) is 9.59 Å². The molecule has 1 rings (SSSR count). The van der Waals surface area contributed by atoms with Crippen molar-refractivity contribution in [1.82, 2.24) is 0 Å². The van der Waals surface area contributed by atoms with Crippen molar-refractivity contribution in [3.63, 3.8) is 0 Å². The van der Waals surface area contributed by atoms with Gasteiger partial charge in [0.2, 0.25) is 0 Å². The molecule has 0 spiro atoms. The summed E-state index contributed by atoms with van der Waals surface area (Å²) in [6.45, 7) is 2.23. The number of hydrogen-bond acceptors (Lipinski definition) is 3. The van der Waals surface area contributed by atoms with Crippen molar-refractivity contribution in [3.8, 4) is 5.75 Å². The van der Waals surface area contributed by atoms with Gasteiger partial charge in [0.05, 0.1) is 5.56 Å². The van der Waals surface area contributed by atoms with Gasteiger partial charge in [0.1, 0.15) is 5.75 Å². The lowest BCUT2D eigenvalue weighted by molar-refractivity contribution is -0.134. The van der Waals surface area contributed by atoms with Gasteiger partial charge in [0, 0.05) is 6.42 Å². The third-order valence-corrected chi connectivity index (χ3v) is 4.07. The first-order chi connectivity index (χ1) is 11.6. The molecular weight excluding hydrogens is 304 g/mol. The van der Waals surface area contributed by atoms with Gasteiger partial charge in [0.25, 0.3) is 0 Å². The summed E-state index contributed by atoms with van der Waals surface area (Å²) in [5.41, 5.74) is 0.185. The van der Waals surface area contributed by atoms with Crippen LogP contribution in [-0.4, -0.2) is 17.0 Å². The van der Waals surface area contributed by atoms with Gasteiger partial charge in [-0.3, -0.25) is 4.79 Å². The van der Waals surface area contributed by atoms with Crippen molar-refractivity contribution in [3.05, 3.63) is 29.8 Å². The van der Waals surface area contributed by atoms with E-state index in [1.54, 1.807) is 0 Å². The molecule has 0 saturated heterocycles. The first kappa shape index (κ1) is 20.2. The molecule has 4 heteroatoms. The van der Waals surface area contributed by atoms with E-state index in [2.05, 4.69) is 6.92 Å². The third kappa shape index (κ3) is 9.33. The fraction of sp³-hybridized carbons (Fsp3) is 0.600. The van der Waals surface area contributed by atoms with Gasteiger partial charge in [-0.1, -0.05) is 64.7 Å². The Labute approximate surface area is 145 Å². The summed E-state index contributed by atoms with van der Waals surface area (Å²) in [5, 5.41) is 8.81. The van der Waals surface area contributed by atoms with Crippen molar-refractivity contribution >= 4 is 11.9 Å². The first-order valence-electron chi connectivity index (χ1n) is 9.17. The van der Waals surface area contributed by atoms with E-state index in [-0.39, 0.29) is 11.5 Å². The molecule has 24 heavy (non-hydrogen) atoms. The number of ether oxygens (including phenoxy) is 1. The van der Waals surface area contributed by atoms with E-state index in [1.165, 1.54) is 75.6 Å². The predicted molar refractivity (Wildman–Crippen MR) is 95.5 cm³/mol. The summed E-state index contributed by atoms with van der Waals surface area (Å²) in [6, 6.07) is 5.90. The van der Waals surface area contributed by atoms with Crippen LogP contribution in [0.25, 0.3) is 0 Å². The monoisotopic (exact) mass is 334 g/mol. The molecule has 1 aromatic rings. The minimum absolute atomic E-state index is 0.185. The van der Waals surface area contributed by atoms with E-state index in [0.717, 1.165) is 12.8 Å². The lowest BCUT2D eigenvalue weighted by atomic mass is 10.1. The van der Waals surface area contributed by atoms with Gasteiger partial charge >= 0.3 is 11.9 Å². The van der Waals surface area contributed by atoms with Gasteiger partial charge in [-0.2, -0.15) is 0 Å². The van der Waals surface area contributed by atoms with Gasteiger partial charge in [-0.05, 0) is 30.7 Å². The second kappa shape index (κ2) is 12.6. The summed E-state index contributed by atoms with van der Waals surface area (Å²) in [4.78, 5) is 22.5. The fourth-order valence-corrected chi connectivity index (χ4v) is 2.60. The molecule has 1 aromatic carbocycles.